The van der Waals surface area contributed by atoms with Crippen molar-refractivity contribution in [2.24, 2.45) is 0 Å². The van der Waals surface area contributed by atoms with Crippen LogP contribution < -0.4 is 16.2 Å². The Morgan fingerprint density at radius 2 is 1.67 bits per heavy atom. The molecule has 30 heavy (non-hydrogen) atoms. The minimum Gasteiger partial charge on any atom is -0.354 e. The van der Waals surface area contributed by atoms with Gasteiger partial charge in [0, 0.05) is 25.9 Å². The number of aryl methyl sites for hydroxylation is 1. The number of nitrogens with one attached hydrogen (secondary N) is 3. The summed E-state index contributed by atoms with van der Waals surface area (Å²) in [4.78, 5) is 43.0. The summed E-state index contributed by atoms with van der Waals surface area (Å²) in [6.07, 6.45) is 1.48. The predicted octanol–water partition coefficient (Wildman–Crippen LogP) is 1.86. The fourth-order valence-corrected chi connectivity index (χ4v) is 3.01. The third-order valence-electron chi connectivity index (χ3n) is 4.53. The molecule has 156 valence electrons. The molecule has 1 heterocycles. The number of hydrogen-bond acceptors (Lipinski definition) is 4. The van der Waals surface area contributed by atoms with E-state index in [4.69, 9.17) is 0 Å². The number of carbonyl (C=O) groups is 2. The monoisotopic (exact) mass is 410 g/mol. The lowest BCUT2D eigenvalue weighted by molar-refractivity contribution is -0.122. The Labute approximate surface area is 172 Å². The molecule has 0 aliphatic heterocycles. The van der Waals surface area contributed by atoms with Gasteiger partial charge in [0.15, 0.2) is 0 Å². The Bertz CT molecular complexity index is 1080. The molecule has 0 saturated heterocycles. The summed E-state index contributed by atoms with van der Waals surface area (Å²) in [5, 5.41) is 5.99. The first kappa shape index (κ1) is 21.2. The van der Waals surface area contributed by atoms with Crippen molar-refractivity contribution >= 4 is 22.7 Å². The van der Waals surface area contributed by atoms with Crippen molar-refractivity contribution in [1.29, 1.82) is 0 Å². The van der Waals surface area contributed by atoms with Crippen molar-refractivity contribution < 1.29 is 14.0 Å². The molecule has 7 nitrogen and oxygen atoms in total. The van der Waals surface area contributed by atoms with Gasteiger partial charge in [-0.05, 0) is 36.2 Å². The van der Waals surface area contributed by atoms with Gasteiger partial charge in [-0.2, -0.15) is 0 Å². The number of para-hydroxylation sites is 1. The highest BCUT2D eigenvalue weighted by Gasteiger charge is 2.06. The van der Waals surface area contributed by atoms with E-state index >= 15 is 0 Å². The summed E-state index contributed by atoms with van der Waals surface area (Å²) in [5.41, 5.74) is 1.17. The summed E-state index contributed by atoms with van der Waals surface area (Å²) in [7, 11) is 0. The summed E-state index contributed by atoms with van der Waals surface area (Å²) in [5.74, 6) is -0.114. The highest BCUT2D eigenvalue weighted by Crippen LogP contribution is 2.07. The average molecular weight is 410 g/mol. The van der Waals surface area contributed by atoms with Crippen LogP contribution in [0.2, 0.25) is 0 Å². The topological polar surface area (TPSA) is 104 Å². The number of aromatic amines is 1. The maximum Gasteiger partial charge on any atom is 0.258 e. The smallest absolute Gasteiger partial charge is 0.258 e. The van der Waals surface area contributed by atoms with Crippen molar-refractivity contribution in [3.8, 4) is 0 Å². The van der Waals surface area contributed by atoms with Gasteiger partial charge in [0.1, 0.15) is 11.6 Å². The van der Waals surface area contributed by atoms with E-state index in [2.05, 4.69) is 20.6 Å². The van der Waals surface area contributed by atoms with Gasteiger partial charge >= 0.3 is 0 Å². The molecule has 0 aliphatic rings. The number of rotatable bonds is 9. The second kappa shape index (κ2) is 10.3. The number of amides is 2. The number of H-pyrrole nitrogens is 1. The van der Waals surface area contributed by atoms with Gasteiger partial charge in [-0.25, -0.2) is 9.37 Å². The fourth-order valence-electron chi connectivity index (χ4n) is 3.01. The van der Waals surface area contributed by atoms with E-state index in [9.17, 15) is 18.8 Å². The zero-order chi connectivity index (χ0) is 21.3. The molecule has 0 bridgehead atoms. The molecule has 3 aromatic rings. The van der Waals surface area contributed by atoms with Gasteiger partial charge in [0.05, 0.1) is 17.3 Å². The molecule has 2 aromatic carbocycles. The van der Waals surface area contributed by atoms with Gasteiger partial charge < -0.3 is 15.6 Å². The van der Waals surface area contributed by atoms with E-state index in [0.29, 0.717) is 49.1 Å². The van der Waals surface area contributed by atoms with Gasteiger partial charge in [0.25, 0.3) is 5.56 Å². The Morgan fingerprint density at radius 1 is 0.967 bits per heavy atom. The van der Waals surface area contributed by atoms with E-state index in [1.807, 2.05) is 6.07 Å². The van der Waals surface area contributed by atoms with Crippen LogP contribution in [0.5, 0.6) is 0 Å². The van der Waals surface area contributed by atoms with Crippen LogP contribution in [-0.2, 0) is 22.4 Å². The van der Waals surface area contributed by atoms with E-state index in [1.54, 1.807) is 30.3 Å². The standard InChI is InChI=1S/C22H23FN4O3/c23-16-10-8-15(9-11-16)14-21(29)25-13-12-24-20(28)7-3-6-19-26-18-5-2-1-4-17(18)22(30)27-19/h1-2,4-5,8-11H,3,6-7,12-14H2,(H,24,28)(H,25,29)(H,26,27,30). The molecule has 0 radical (unpaired) electrons. The van der Waals surface area contributed by atoms with Gasteiger partial charge in [0.2, 0.25) is 11.8 Å². The van der Waals surface area contributed by atoms with Crippen LogP contribution >= 0.6 is 0 Å². The summed E-state index contributed by atoms with van der Waals surface area (Å²) < 4.78 is 12.9. The van der Waals surface area contributed by atoms with Gasteiger partial charge in [-0.15, -0.1) is 0 Å². The number of carbonyl (C=O) groups excluding carboxylic acids is 2. The largest absolute Gasteiger partial charge is 0.354 e. The van der Waals surface area contributed by atoms with Crippen LogP contribution in [0, 0.1) is 5.82 Å². The minimum atomic E-state index is -0.343. The number of fused-ring (bicyclic) bond motifs is 1. The Morgan fingerprint density at radius 3 is 2.43 bits per heavy atom. The summed E-state index contributed by atoms with van der Waals surface area (Å²) >= 11 is 0. The van der Waals surface area contributed by atoms with E-state index in [1.165, 1.54) is 12.1 Å². The second-order valence-corrected chi connectivity index (χ2v) is 6.89. The maximum atomic E-state index is 12.9. The molecular formula is C22H23FN4O3. The lowest BCUT2D eigenvalue weighted by Crippen LogP contribution is -2.35. The zero-order valence-electron chi connectivity index (χ0n) is 16.4. The maximum absolute atomic E-state index is 12.9. The Kier molecular flexibility index (Phi) is 7.26. The van der Waals surface area contributed by atoms with Crippen LogP contribution in [0.3, 0.4) is 0 Å². The quantitative estimate of drug-likeness (QED) is 0.469. The molecule has 0 atom stereocenters. The van der Waals surface area contributed by atoms with Crippen molar-refractivity contribution in [1.82, 2.24) is 20.6 Å². The molecule has 0 spiro atoms. The van der Waals surface area contributed by atoms with Crippen LogP contribution in [0.25, 0.3) is 10.9 Å². The van der Waals surface area contributed by atoms with E-state index < -0.39 is 0 Å². The fraction of sp³-hybridized carbons (Fsp3) is 0.273. The molecule has 0 fully saturated rings. The molecule has 0 unspecified atom stereocenters. The van der Waals surface area contributed by atoms with Crippen LogP contribution in [0.4, 0.5) is 4.39 Å². The first-order chi connectivity index (χ1) is 14.5. The number of nitrogens with zero attached hydrogens (tertiary/aromatic N) is 1. The molecular weight excluding hydrogens is 387 g/mol. The molecule has 3 N–H and O–H groups in total. The van der Waals surface area contributed by atoms with Crippen molar-refractivity contribution in [3.63, 3.8) is 0 Å². The third-order valence-corrected chi connectivity index (χ3v) is 4.53. The van der Waals surface area contributed by atoms with E-state index in [0.717, 1.165) is 5.56 Å². The van der Waals surface area contributed by atoms with Crippen molar-refractivity contribution in [3.05, 3.63) is 76.1 Å². The number of benzene rings is 2. The number of aromatic nitrogens is 2. The minimum absolute atomic E-state index is 0.133. The summed E-state index contributed by atoms with van der Waals surface area (Å²) in [6, 6.07) is 12.9. The van der Waals surface area contributed by atoms with Crippen molar-refractivity contribution in [2.45, 2.75) is 25.7 Å². The second-order valence-electron chi connectivity index (χ2n) is 6.89. The van der Waals surface area contributed by atoms with E-state index in [-0.39, 0.29) is 29.6 Å². The molecule has 2 amide bonds. The van der Waals surface area contributed by atoms with Crippen LogP contribution in [-0.4, -0.2) is 34.9 Å². The highest BCUT2D eigenvalue weighted by molar-refractivity contribution is 5.79. The Hall–Kier alpha value is -3.55. The molecule has 0 saturated carbocycles. The highest BCUT2D eigenvalue weighted by atomic mass is 19.1. The third kappa shape index (κ3) is 6.23. The molecule has 0 aliphatic carbocycles. The van der Waals surface area contributed by atoms with Gasteiger partial charge in [-0.3, -0.25) is 14.4 Å². The lowest BCUT2D eigenvalue weighted by atomic mass is 10.1. The first-order valence-electron chi connectivity index (χ1n) is 9.77. The number of hydrogen-bond donors (Lipinski definition) is 3. The summed E-state index contributed by atoms with van der Waals surface area (Å²) in [6.45, 7) is 0.629. The molecule has 3 rings (SSSR count). The molecule has 8 heteroatoms. The lowest BCUT2D eigenvalue weighted by Gasteiger charge is -2.07. The molecule has 1 aromatic heterocycles. The van der Waals surface area contributed by atoms with Crippen LogP contribution in [0.15, 0.2) is 53.3 Å². The number of halogens is 1. The van der Waals surface area contributed by atoms with Crippen molar-refractivity contribution in [2.75, 3.05) is 13.1 Å². The normalized spacial score (nSPS) is 10.7. The van der Waals surface area contributed by atoms with Crippen LogP contribution in [0.1, 0.15) is 24.2 Å². The first-order valence-corrected chi connectivity index (χ1v) is 9.77. The zero-order valence-corrected chi connectivity index (χ0v) is 16.4. The Balaban J connectivity index is 1.33. The SMILES string of the molecule is O=C(CCCc1nc2ccccc2c(=O)[nH]1)NCCNC(=O)Cc1ccc(F)cc1. The predicted molar refractivity (Wildman–Crippen MR) is 111 cm³/mol. The average Bonchev–Trinajstić information content (AvgIpc) is 2.73. The van der Waals surface area contributed by atoms with Gasteiger partial charge in [-0.1, -0.05) is 24.3 Å².